The Bertz CT molecular complexity index is 751. The van der Waals surface area contributed by atoms with Crippen LogP contribution in [0.15, 0.2) is 36.4 Å². The molecular formula is C21H27N2O+. The van der Waals surface area contributed by atoms with Crippen LogP contribution in [0.1, 0.15) is 34.2 Å². The number of hydrogen-bond donors (Lipinski definition) is 2. The van der Waals surface area contributed by atoms with E-state index in [-0.39, 0.29) is 5.91 Å². The van der Waals surface area contributed by atoms with Crippen LogP contribution >= 0.6 is 0 Å². The summed E-state index contributed by atoms with van der Waals surface area (Å²) in [6.07, 6.45) is 3.54. The van der Waals surface area contributed by atoms with E-state index in [2.05, 4.69) is 56.5 Å². The quantitative estimate of drug-likeness (QED) is 0.871. The van der Waals surface area contributed by atoms with E-state index in [4.69, 9.17) is 0 Å². The highest BCUT2D eigenvalue weighted by Crippen LogP contribution is 2.24. The van der Waals surface area contributed by atoms with Crippen LogP contribution in [-0.2, 0) is 24.2 Å². The number of benzene rings is 2. The van der Waals surface area contributed by atoms with Crippen molar-refractivity contribution in [3.63, 3.8) is 0 Å². The number of anilines is 1. The summed E-state index contributed by atoms with van der Waals surface area (Å²) < 4.78 is 0. The Kier molecular flexibility index (Phi) is 5.00. The van der Waals surface area contributed by atoms with Crippen LogP contribution in [0, 0.1) is 13.8 Å². The number of hydrogen-bond acceptors (Lipinski definition) is 1. The molecule has 2 N–H and O–H groups in total. The molecule has 1 aliphatic carbocycles. The van der Waals surface area contributed by atoms with E-state index >= 15 is 0 Å². The fraction of sp³-hybridized carbons (Fsp3) is 0.381. The first-order valence-corrected chi connectivity index (χ1v) is 8.80. The third-order valence-corrected chi connectivity index (χ3v) is 4.83. The summed E-state index contributed by atoms with van der Waals surface area (Å²) in [6.45, 7) is 5.59. The van der Waals surface area contributed by atoms with Gasteiger partial charge in [-0.05, 0) is 61.9 Å². The molecule has 1 atom stereocenters. The lowest BCUT2D eigenvalue weighted by Crippen LogP contribution is -3.08. The predicted octanol–water partition coefficient (Wildman–Crippen LogP) is 2.45. The lowest BCUT2D eigenvalue weighted by molar-refractivity contribution is -0.885. The monoisotopic (exact) mass is 323 g/mol. The first-order valence-electron chi connectivity index (χ1n) is 8.80. The summed E-state index contributed by atoms with van der Waals surface area (Å²) in [4.78, 5) is 13.5. The smallest absolute Gasteiger partial charge is 0.279 e. The summed E-state index contributed by atoms with van der Waals surface area (Å²) in [5.41, 5.74) is 7.65. The number of likely N-dealkylation sites (N-methyl/N-ethyl adjacent to an activating group) is 1. The Hall–Kier alpha value is -2.13. The molecule has 2 aromatic carbocycles. The van der Waals surface area contributed by atoms with Crippen molar-refractivity contribution < 1.29 is 9.69 Å². The number of carbonyl (C=O) groups is 1. The summed E-state index contributed by atoms with van der Waals surface area (Å²) in [5, 5.41) is 3.05. The van der Waals surface area contributed by atoms with Crippen molar-refractivity contribution in [1.82, 2.24) is 0 Å². The Morgan fingerprint density at radius 2 is 1.88 bits per heavy atom. The van der Waals surface area contributed by atoms with Gasteiger partial charge in [-0.2, -0.15) is 0 Å². The summed E-state index contributed by atoms with van der Waals surface area (Å²) >= 11 is 0. The molecule has 0 bridgehead atoms. The highest BCUT2D eigenvalue weighted by molar-refractivity contribution is 5.91. The number of rotatable bonds is 5. The van der Waals surface area contributed by atoms with Crippen molar-refractivity contribution in [1.29, 1.82) is 0 Å². The van der Waals surface area contributed by atoms with Gasteiger partial charge >= 0.3 is 0 Å². The first-order chi connectivity index (χ1) is 11.5. The van der Waals surface area contributed by atoms with Gasteiger partial charge in [0, 0.05) is 11.3 Å². The molecule has 0 fully saturated rings. The molecule has 0 aliphatic heterocycles. The van der Waals surface area contributed by atoms with Crippen molar-refractivity contribution in [2.75, 3.05) is 18.9 Å². The molecule has 3 heteroatoms. The van der Waals surface area contributed by atoms with Crippen molar-refractivity contribution in [2.24, 2.45) is 0 Å². The molecule has 0 aromatic heterocycles. The maximum Gasteiger partial charge on any atom is 0.279 e. The molecule has 2 aromatic rings. The Morgan fingerprint density at radius 1 is 1.08 bits per heavy atom. The summed E-state index contributed by atoms with van der Waals surface area (Å²) in [5.74, 6) is 0.0789. The number of fused-ring (bicyclic) bond motifs is 1. The predicted molar refractivity (Wildman–Crippen MR) is 98.5 cm³/mol. The fourth-order valence-corrected chi connectivity index (χ4v) is 3.56. The van der Waals surface area contributed by atoms with Crippen LogP contribution in [0.25, 0.3) is 0 Å². The Labute approximate surface area is 144 Å². The molecule has 1 unspecified atom stereocenters. The largest absolute Gasteiger partial charge is 0.326 e. The summed E-state index contributed by atoms with van der Waals surface area (Å²) in [7, 11) is 2.07. The van der Waals surface area contributed by atoms with E-state index < -0.39 is 0 Å². The molecule has 3 rings (SSSR count). The van der Waals surface area contributed by atoms with Gasteiger partial charge in [0.15, 0.2) is 6.54 Å². The maximum atomic E-state index is 12.3. The highest BCUT2D eigenvalue weighted by Gasteiger charge is 2.14. The van der Waals surface area contributed by atoms with Crippen LogP contribution in [0.2, 0.25) is 0 Å². The number of nitrogens with one attached hydrogen (secondary N) is 2. The molecule has 0 heterocycles. The molecule has 1 aliphatic rings. The molecule has 126 valence electrons. The van der Waals surface area contributed by atoms with Gasteiger partial charge in [-0.1, -0.05) is 29.8 Å². The van der Waals surface area contributed by atoms with E-state index in [9.17, 15) is 4.79 Å². The molecule has 3 nitrogen and oxygen atoms in total. The van der Waals surface area contributed by atoms with Gasteiger partial charge in [0.2, 0.25) is 0 Å². The third kappa shape index (κ3) is 4.04. The zero-order valence-electron chi connectivity index (χ0n) is 14.9. The lowest BCUT2D eigenvalue weighted by atomic mass is 10.1. The van der Waals surface area contributed by atoms with Crippen LogP contribution < -0.4 is 10.2 Å². The zero-order valence-corrected chi connectivity index (χ0v) is 14.9. The molecular weight excluding hydrogens is 296 g/mol. The van der Waals surface area contributed by atoms with Crippen LogP contribution in [0.4, 0.5) is 5.69 Å². The van der Waals surface area contributed by atoms with Gasteiger partial charge in [-0.15, -0.1) is 0 Å². The highest BCUT2D eigenvalue weighted by atomic mass is 16.2. The van der Waals surface area contributed by atoms with Crippen molar-refractivity contribution in [2.45, 2.75) is 39.7 Å². The van der Waals surface area contributed by atoms with E-state index in [1.807, 2.05) is 6.07 Å². The number of amides is 1. The van der Waals surface area contributed by atoms with Crippen molar-refractivity contribution in [3.05, 3.63) is 64.2 Å². The van der Waals surface area contributed by atoms with E-state index in [0.29, 0.717) is 6.54 Å². The van der Waals surface area contributed by atoms with Crippen LogP contribution in [0.3, 0.4) is 0 Å². The van der Waals surface area contributed by atoms with E-state index in [1.54, 1.807) is 0 Å². The minimum Gasteiger partial charge on any atom is -0.326 e. The van der Waals surface area contributed by atoms with Gasteiger partial charge in [0.1, 0.15) is 6.54 Å². The molecule has 0 saturated carbocycles. The average molecular weight is 323 g/mol. The Morgan fingerprint density at radius 3 is 2.67 bits per heavy atom. The minimum atomic E-state index is 0.0789. The fourth-order valence-electron chi connectivity index (χ4n) is 3.56. The second-order valence-electron chi connectivity index (χ2n) is 7.13. The van der Waals surface area contributed by atoms with Crippen molar-refractivity contribution >= 4 is 11.6 Å². The molecule has 0 spiro atoms. The van der Waals surface area contributed by atoms with E-state index in [0.717, 1.165) is 18.7 Å². The van der Waals surface area contributed by atoms with Crippen molar-refractivity contribution in [3.8, 4) is 0 Å². The average Bonchev–Trinajstić information content (AvgIpc) is 2.97. The topological polar surface area (TPSA) is 33.5 Å². The van der Waals surface area contributed by atoms with Crippen LogP contribution in [0.5, 0.6) is 0 Å². The normalized spacial score (nSPS) is 14.3. The molecule has 0 radical (unpaired) electrons. The first kappa shape index (κ1) is 16.7. The zero-order chi connectivity index (χ0) is 17.1. The standard InChI is InChI=1S/C21H26N2O/c1-15-7-8-19(16(2)11-15)13-23(3)14-21(24)22-20-10-9-17-5-4-6-18(17)12-20/h7-12H,4-6,13-14H2,1-3H3,(H,22,24)/p+1. The second-order valence-corrected chi connectivity index (χ2v) is 7.13. The van der Waals surface area contributed by atoms with Gasteiger partial charge in [0.05, 0.1) is 7.05 Å². The number of aryl methyl sites for hydroxylation is 4. The summed E-state index contributed by atoms with van der Waals surface area (Å²) in [6, 6.07) is 12.8. The molecule has 0 saturated heterocycles. The lowest BCUT2D eigenvalue weighted by Gasteiger charge is -2.16. The number of quaternary nitrogens is 1. The van der Waals surface area contributed by atoms with Gasteiger partial charge in [-0.25, -0.2) is 0 Å². The van der Waals surface area contributed by atoms with E-state index in [1.165, 1.54) is 45.6 Å². The van der Waals surface area contributed by atoms with Crippen LogP contribution in [-0.4, -0.2) is 19.5 Å². The molecule has 24 heavy (non-hydrogen) atoms. The van der Waals surface area contributed by atoms with Gasteiger partial charge < -0.3 is 10.2 Å². The minimum absolute atomic E-state index is 0.0789. The maximum absolute atomic E-state index is 12.3. The SMILES string of the molecule is Cc1ccc(C[NH+](C)CC(=O)Nc2ccc3c(c2)CCC3)c(C)c1. The van der Waals surface area contributed by atoms with Gasteiger partial charge in [-0.3, -0.25) is 4.79 Å². The Balaban J connectivity index is 1.56. The second kappa shape index (κ2) is 7.18. The third-order valence-electron chi connectivity index (χ3n) is 4.83. The molecule has 1 amide bonds. The number of carbonyl (C=O) groups excluding carboxylic acids is 1. The van der Waals surface area contributed by atoms with Gasteiger partial charge in [0.25, 0.3) is 5.91 Å².